The van der Waals surface area contributed by atoms with Gasteiger partial charge in [-0.1, -0.05) is 12.2 Å². The largest absolute Gasteiger partial charge is 0.496 e. The van der Waals surface area contributed by atoms with Gasteiger partial charge in [0.2, 0.25) is 0 Å². The second-order valence-electron chi connectivity index (χ2n) is 4.42. The Kier molecular flexibility index (Phi) is 3.85. The Morgan fingerprint density at radius 3 is 2.65 bits per heavy atom. The monoisotopic (exact) mass is 289 g/mol. The molecule has 5 nitrogen and oxygen atoms in total. The molecular formula is C14H15N3O2S. The summed E-state index contributed by atoms with van der Waals surface area (Å²) in [6.45, 7) is 1.94. The van der Waals surface area contributed by atoms with Crippen molar-refractivity contribution in [2.24, 2.45) is 12.8 Å². The Morgan fingerprint density at radius 1 is 1.40 bits per heavy atom. The number of hydrogen-bond donors (Lipinski definition) is 1. The van der Waals surface area contributed by atoms with Crippen LogP contribution in [0.2, 0.25) is 0 Å². The van der Waals surface area contributed by atoms with E-state index in [2.05, 4.69) is 5.10 Å². The first-order valence-electron chi connectivity index (χ1n) is 5.97. The number of aromatic nitrogens is 2. The Bertz CT molecular complexity index is 738. The Morgan fingerprint density at radius 2 is 2.10 bits per heavy atom. The van der Waals surface area contributed by atoms with Gasteiger partial charge < -0.3 is 10.5 Å². The summed E-state index contributed by atoms with van der Waals surface area (Å²) in [5, 5.41) is 4.23. The van der Waals surface area contributed by atoms with Crippen molar-refractivity contribution in [2.45, 2.75) is 6.92 Å². The second-order valence-corrected chi connectivity index (χ2v) is 4.86. The first kappa shape index (κ1) is 14.2. The lowest BCUT2D eigenvalue weighted by Gasteiger charge is -2.09. The van der Waals surface area contributed by atoms with Gasteiger partial charge in [-0.3, -0.25) is 4.79 Å². The minimum atomic E-state index is -0.300. The topological polar surface area (TPSA) is 70.1 Å². The van der Waals surface area contributed by atoms with Gasteiger partial charge in [-0.05, 0) is 36.8 Å². The molecule has 0 aliphatic heterocycles. The van der Waals surface area contributed by atoms with Crippen molar-refractivity contribution in [2.75, 3.05) is 7.11 Å². The minimum Gasteiger partial charge on any atom is -0.496 e. The van der Waals surface area contributed by atoms with E-state index in [0.717, 1.165) is 16.9 Å². The minimum absolute atomic E-state index is 0.0690. The van der Waals surface area contributed by atoms with Crippen LogP contribution in [0.4, 0.5) is 0 Å². The van der Waals surface area contributed by atoms with Gasteiger partial charge in [0.25, 0.3) is 5.56 Å². The molecule has 0 atom stereocenters. The molecule has 104 valence electrons. The van der Waals surface area contributed by atoms with Gasteiger partial charge in [-0.15, -0.1) is 0 Å². The van der Waals surface area contributed by atoms with E-state index >= 15 is 0 Å². The molecule has 0 aliphatic carbocycles. The van der Waals surface area contributed by atoms with E-state index in [-0.39, 0.29) is 10.5 Å². The molecule has 6 heteroatoms. The zero-order chi connectivity index (χ0) is 14.9. The standard InChI is InChI=1S/C14H15N3O2S/c1-8-6-9(4-5-12(8)19-3)11-7-10(13(15)20)14(18)17(2)16-11/h4-7H,1-3H3,(H2,15,20). The lowest BCUT2D eigenvalue weighted by molar-refractivity contribution is 0.412. The summed E-state index contributed by atoms with van der Waals surface area (Å²) < 4.78 is 6.46. The molecule has 0 bridgehead atoms. The zero-order valence-corrected chi connectivity index (χ0v) is 12.3. The van der Waals surface area contributed by atoms with Crippen LogP contribution in [0, 0.1) is 6.92 Å². The van der Waals surface area contributed by atoms with Crippen LogP contribution in [-0.2, 0) is 7.05 Å². The van der Waals surface area contributed by atoms with E-state index < -0.39 is 0 Å². The molecule has 0 saturated heterocycles. The fraction of sp³-hybridized carbons (Fsp3) is 0.214. The fourth-order valence-corrected chi connectivity index (χ4v) is 2.11. The van der Waals surface area contributed by atoms with E-state index in [1.807, 2.05) is 25.1 Å². The first-order valence-corrected chi connectivity index (χ1v) is 6.38. The SMILES string of the molecule is COc1ccc(-c2cc(C(N)=S)c(=O)n(C)n2)cc1C. The summed E-state index contributed by atoms with van der Waals surface area (Å²) in [6, 6.07) is 7.29. The molecule has 0 amide bonds. The van der Waals surface area contributed by atoms with Crippen LogP contribution < -0.4 is 16.0 Å². The highest BCUT2D eigenvalue weighted by Crippen LogP contribution is 2.24. The van der Waals surface area contributed by atoms with Crippen LogP contribution in [0.25, 0.3) is 11.3 Å². The molecule has 0 spiro atoms. The number of aryl methyl sites for hydroxylation is 2. The number of thiocarbonyl (C=S) groups is 1. The van der Waals surface area contributed by atoms with Gasteiger partial charge in [-0.2, -0.15) is 5.10 Å². The number of ether oxygens (including phenoxy) is 1. The van der Waals surface area contributed by atoms with Gasteiger partial charge in [-0.25, -0.2) is 4.68 Å². The zero-order valence-electron chi connectivity index (χ0n) is 11.5. The molecular weight excluding hydrogens is 274 g/mol. The molecule has 0 unspecified atom stereocenters. The molecule has 0 radical (unpaired) electrons. The van der Waals surface area contributed by atoms with E-state index in [9.17, 15) is 4.79 Å². The van der Waals surface area contributed by atoms with Crippen LogP contribution in [0.15, 0.2) is 29.1 Å². The molecule has 1 aromatic heterocycles. The normalized spacial score (nSPS) is 10.3. The number of nitrogens with zero attached hydrogens (tertiary/aromatic N) is 2. The molecule has 0 aliphatic rings. The van der Waals surface area contributed by atoms with Crippen molar-refractivity contribution in [1.82, 2.24) is 9.78 Å². The maximum absolute atomic E-state index is 11.9. The average Bonchev–Trinajstić information content (AvgIpc) is 2.41. The quantitative estimate of drug-likeness (QED) is 0.865. The highest BCUT2D eigenvalue weighted by Gasteiger charge is 2.11. The number of nitrogens with two attached hydrogens (primary N) is 1. The van der Waals surface area contributed by atoms with Gasteiger partial charge in [0, 0.05) is 12.6 Å². The average molecular weight is 289 g/mol. The van der Waals surface area contributed by atoms with Crippen molar-refractivity contribution >= 4 is 17.2 Å². The van der Waals surface area contributed by atoms with Gasteiger partial charge >= 0.3 is 0 Å². The second kappa shape index (κ2) is 5.42. The Labute approximate surface area is 122 Å². The van der Waals surface area contributed by atoms with E-state index in [1.54, 1.807) is 20.2 Å². The van der Waals surface area contributed by atoms with Crippen molar-refractivity contribution in [1.29, 1.82) is 0 Å². The molecule has 0 saturated carbocycles. The number of hydrogen-bond acceptors (Lipinski definition) is 4. The molecule has 2 rings (SSSR count). The fourth-order valence-electron chi connectivity index (χ4n) is 1.96. The Balaban J connectivity index is 2.61. The van der Waals surface area contributed by atoms with Gasteiger partial charge in [0.1, 0.15) is 10.7 Å². The maximum Gasteiger partial charge on any atom is 0.276 e. The van der Waals surface area contributed by atoms with Crippen LogP contribution >= 0.6 is 12.2 Å². The molecule has 0 fully saturated rings. The lowest BCUT2D eigenvalue weighted by Crippen LogP contribution is -2.29. The highest BCUT2D eigenvalue weighted by atomic mass is 32.1. The molecule has 1 heterocycles. The summed E-state index contributed by atoms with van der Waals surface area (Å²) in [5.74, 6) is 0.799. The van der Waals surface area contributed by atoms with Crippen LogP contribution in [-0.4, -0.2) is 21.9 Å². The maximum atomic E-state index is 11.9. The molecule has 2 N–H and O–H groups in total. The molecule has 2 aromatic rings. The first-order chi connectivity index (χ1) is 9.43. The van der Waals surface area contributed by atoms with Gasteiger partial charge in [0.05, 0.1) is 18.4 Å². The third kappa shape index (κ3) is 2.55. The van der Waals surface area contributed by atoms with Crippen LogP contribution in [0.1, 0.15) is 11.1 Å². The van der Waals surface area contributed by atoms with Crippen molar-refractivity contribution in [3.8, 4) is 17.0 Å². The van der Waals surface area contributed by atoms with Crippen molar-refractivity contribution in [3.63, 3.8) is 0 Å². The Hall–Kier alpha value is -2.21. The summed E-state index contributed by atoms with van der Waals surface area (Å²) in [5.41, 5.74) is 8.06. The van der Waals surface area contributed by atoms with Crippen molar-refractivity contribution < 1.29 is 4.74 Å². The molecule has 20 heavy (non-hydrogen) atoms. The van der Waals surface area contributed by atoms with E-state index in [4.69, 9.17) is 22.7 Å². The van der Waals surface area contributed by atoms with Gasteiger partial charge in [0.15, 0.2) is 0 Å². The third-order valence-electron chi connectivity index (χ3n) is 3.02. The third-order valence-corrected chi connectivity index (χ3v) is 3.24. The lowest BCUT2D eigenvalue weighted by atomic mass is 10.1. The smallest absolute Gasteiger partial charge is 0.276 e. The van der Waals surface area contributed by atoms with Crippen LogP contribution in [0.3, 0.4) is 0 Å². The highest BCUT2D eigenvalue weighted by molar-refractivity contribution is 7.80. The van der Waals surface area contributed by atoms with Crippen molar-refractivity contribution in [3.05, 3.63) is 45.7 Å². The predicted molar refractivity (Wildman–Crippen MR) is 82.1 cm³/mol. The predicted octanol–water partition coefficient (Wildman–Crippen LogP) is 1.40. The summed E-state index contributed by atoms with van der Waals surface area (Å²) in [7, 11) is 3.20. The van der Waals surface area contributed by atoms with E-state index in [1.165, 1.54) is 4.68 Å². The number of rotatable bonds is 3. The molecule has 1 aromatic carbocycles. The van der Waals surface area contributed by atoms with E-state index in [0.29, 0.717) is 11.3 Å². The van der Waals surface area contributed by atoms with Crippen LogP contribution in [0.5, 0.6) is 5.75 Å². The summed E-state index contributed by atoms with van der Waals surface area (Å²) in [4.78, 5) is 11.9. The number of benzene rings is 1. The summed E-state index contributed by atoms with van der Waals surface area (Å²) >= 11 is 4.90. The number of methoxy groups -OCH3 is 1. The summed E-state index contributed by atoms with van der Waals surface area (Å²) in [6.07, 6.45) is 0.